The standard InChI is InChI=1S/C23H22.2ClH.Zr/c1-14-11-18-7-5-9-20(22(18)16(14)3)13-21-10-6-8-19-12-15(2)17(4)23(19)21;;;/h5-12H,13H2,1-4H3;2*1H;/q-2;;;+4/p-2. The average Bonchev–Trinajstić information content (AvgIpc) is 2.98. The minimum absolute atomic E-state index is 0. The number of fused-ring (bicyclic) bond motifs is 2. The molecule has 26 heavy (non-hydrogen) atoms. The summed E-state index contributed by atoms with van der Waals surface area (Å²) < 4.78 is 0. The van der Waals surface area contributed by atoms with E-state index in [-0.39, 0.29) is 51.0 Å². The van der Waals surface area contributed by atoms with E-state index in [0.717, 1.165) is 6.42 Å². The topological polar surface area (TPSA) is 0 Å². The molecule has 0 fully saturated rings. The van der Waals surface area contributed by atoms with E-state index in [4.69, 9.17) is 0 Å². The third-order valence-corrected chi connectivity index (χ3v) is 5.42. The number of halogens is 2. The van der Waals surface area contributed by atoms with E-state index in [1.54, 1.807) is 0 Å². The molecule has 0 heterocycles. The number of hydrogen-bond acceptors (Lipinski definition) is 0. The summed E-state index contributed by atoms with van der Waals surface area (Å²) in [7, 11) is 0. The first kappa shape index (κ1) is 23.2. The van der Waals surface area contributed by atoms with Crippen LogP contribution in [0.15, 0.2) is 48.5 Å². The van der Waals surface area contributed by atoms with Gasteiger partial charge in [-0.1, -0.05) is 51.0 Å². The third kappa shape index (κ3) is 3.72. The maximum Gasteiger partial charge on any atom is 4.00 e. The summed E-state index contributed by atoms with van der Waals surface area (Å²) in [6.45, 7) is 8.93. The molecule has 0 amide bonds. The van der Waals surface area contributed by atoms with Crippen molar-refractivity contribution in [2.24, 2.45) is 0 Å². The zero-order chi connectivity index (χ0) is 16.1. The van der Waals surface area contributed by atoms with E-state index >= 15 is 0 Å². The van der Waals surface area contributed by atoms with Gasteiger partial charge >= 0.3 is 26.2 Å². The number of hydrogen-bond donors (Lipinski definition) is 0. The van der Waals surface area contributed by atoms with Crippen molar-refractivity contribution in [2.45, 2.75) is 34.1 Å². The molecule has 0 aromatic heterocycles. The molecule has 0 aliphatic carbocycles. The number of benzene rings is 2. The molecule has 0 saturated carbocycles. The predicted molar refractivity (Wildman–Crippen MR) is 101 cm³/mol. The molecular formula is C23H22Cl2Zr. The van der Waals surface area contributed by atoms with Gasteiger partial charge < -0.3 is 24.8 Å². The molecule has 4 aromatic rings. The van der Waals surface area contributed by atoms with Gasteiger partial charge in [-0.25, -0.2) is 0 Å². The average molecular weight is 461 g/mol. The molecule has 0 unspecified atom stereocenters. The Hall–Kier alpha value is -0.877. The van der Waals surface area contributed by atoms with Crippen LogP contribution in [0.1, 0.15) is 33.4 Å². The van der Waals surface area contributed by atoms with Gasteiger partial charge in [-0.05, 0) is 6.42 Å². The maximum absolute atomic E-state index is 2.31. The van der Waals surface area contributed by atoms with E-state index in [2.05, 4.69) is 76.2 Å². The monoisotopic (exact) mass is 458 g/mol. The van der Waals surface area contributed by atoms with Crippen LogP contribution in [0.3, 0.4) is 0 Å². The van der Waals surface area contributed by atoms with Crippen molar-refractivity contribution >= 4 is 21.5 Å². The Bertz CT molecular complexity index is 953. The fraction of sp³-hybridized carbons (Fsp3) is 0.217. The molecule has 0 N–H and O–H groups in total. The van der Waals surface area contributed by atoms with E-state index in [1.807, 2.05) is 0 Å². The first-order valence-electron chi connectivity index (χ1n) is 8.35. The number of aryl methyl sites for hydroxylation is 4. The summed E-state index contributed by atoms with van der Waals surface area (Å²) in [5.74, 6) is 0. The fourth-order valence-corrected chi connectivity index (χ4v) is 3.97. The van der Waals surface area contributed by atoms with E-state index in [1.165, 1.54) is 54.9 Å². The molecule has 4 rings (SSSR count). The van der Waals surface area contributed by atoms with Crippen LogP contribution in [-0.4, -0.2) is 0 Å². The largest absolute Gasteiger partial charge is 4.00 e. The third-order valence-electron chi connectivity index (χ3n) is 5.42. The molecule has 132 valence electrons. The van der Waals surface area contributed by atoms with Crippen molar-refractivity contribution < 1.29 is 51.0 Å². The second-order valence-corrected chi connectivity index (χ2v) is 6.84. The number of rotatable bonds is 2. The fourth-order valence-electron chi connectivity index (χ4n) is 3.97. The van der Waals surface area contributed by atoms with Gasteiger partial charge in [0.05, 0.1) is 0 Å². The van der Waals surface area contributed by atoms with Gasteiger partial charge in [-0.3, -0.25) is 0 Å². The Labute approximate surface area is 187 Å². The van der Waals surface area contributed by atoms with Crippen LogP contribution in [-0.2, 0) is 32.6 Å². The van der Waals surface area contributed by atoms with Crippen molar-refractivity contribution in [1.82, 2.24) is 0 Å². The maximum atomic E-state index is 2.31. The quantitative estimate of drug-likeness (QED) is 0.377. The van der Waals surface area contributed by atoms with E-state index in [0.29, 0.717) is 0 Å². The minimum atomic E-state index is 0. The molecule has 4 aromatic carbocycles. The van der Waals surface area contributed by atoms with Crippen molar-refractivity contribution in [2.75, 3.05) is 0 Å². The van der Waals surface area contributed by atoms with Gasteiger partial charge in [0.1, 0.15) is 0 Å². The van der Waals surface area contributed by atoms with Crippen LogP contribution in [0.5, 0.6) is 0 Å². The first-order chi connectivity index (χ1) is 11.1. The first-order valence-corrected chi connectivity index (χ1v) is 8.35. The summed E-state index contributed by atoms with van der Waals surface area (Å²) in [4.78, 5) is 0. The van der Waals surface area contributed by atoms with Crippen LogP contribution in [0.2, 0.25) is 0 Å². The van der Waals surface area contributed by atoms with E-state index in [9.17, 15) is 0 Å². The van der Waals surface area contributed by atoms with Gasteiger partial charge in [0.15, 0.2) is 0 Å². The second-order valence-electron chi connectivity index (χ2n) is 6.84. The van der Waals surface area contributed by atoms with Crippen LogP contribution in [0.25, 0.3) is 21.5 Å². The van der Waals surface area contributed by atoms with Crippen LogP contribution >= 0.6 is 0 Å². The molecule has 0 aliphatic rings. The van der Waals surface area contributed by atoms with E-state index < -0.39 is 0 Å². The SMILES string of the molecule is Cc1[cH-]c2cccc(Cc3cccc4[cH-]c(C)c(C)c34)c2c1C.[Cl-].[Cl-].[Zr+4]. The van der Waals surface area contributed by atoms with Gasteiger partial charge in [0.25, 0.3) is 0 Å². The Kier molecular flexibility index (Phi) is 7.91. The van der Waals surface area contributed by atoms with Crippen LogP contribution < -0.4 is 24.8 Å². The van der Waals surface area contributed by atoms with Crippen molar-refractivity contribution in [3.8, 4) is 0 Å². The van der Waals surface area contributed by atoms with Crippen LogP contribution in [0, 0.1) is 27.7 Å². The smallest absolute Gasteiger partial charge is 1.00 e. The minimum Gasteiger partial charge on any atom is -1.00 e. The van der Waals surface area contributed by atoms with Crippen molar-refractivity contribution in [1.29, 1.82) is 0 Å². The van der Waals surface area contributed by atoms with Crippen LogP contribution in [0.4, 0.5) is 0 Å². The summed E-state index contributed by atoms with van der Waals surface area (Å²) in [5.41, 5.74) is 8.53. The molecule has 0 spiro atoms. The van der Waals surface area contributed by atoms with Crippen molar-refractivity contribution in [3.05, 3.63) is 81.9 Å². The molecule has 3 heteroatoms. The van der Waals surface area contributed by atoms with Gasteiger partial charge in [0.2, 0.25) is 0 Å². The van der Waals surface area contributed by atoms with Gasteiger partial charge in [-0.2, -0.15) is 11.1 Å². The Balaban J connectivity index is 0.00000113. The Morgan fingerprint density at radius 2 is 1.04 bits per heavy atom. The van der Waals surface area contributed by atoms with Gasteiger partial charge in [0, 0.05) is 0 Å². The molecule has 0 aliphatic heterocycles. The zero-order valence-electron chi connectivity index (χ0n) is 15.6. The summed E-state index contributed by atoms with van der Waals surface area (Å²) in [6, 6.07) is 18.1. The Morgan fingerprint density at radius 3 is 1.42 bits per heavy atom. The van der Waals surface area contributed by atoms with Gasteiger partial charge in [-0.15, -0.1) is 69.1 Å². The summed E-state index contributed by atoms with van der Waals surface area (Å²) in [5, 5.41) is 5.64. The normalized spacial score (nSPS) is 10.3. The molecule has 0 radical (unpaired) electrons. The molecule has 0 saturated heterocycles. The summed E-state index contributed by atoms with van der Waals surface area (Å²) >= 11 is 0. The molecule has 0 nitrogen and oxygen atoms in total. The molecular weight excluding hydrogens is 438 g/mol. The molecule has 0 atom stereocenters. The molecule has 0 bridgehead atoms. The Morgan fingerprint density at radius 1 is 0.654 bits per heavy atom. The zero-order valence-corrected chi connectivity index (χ0v) is 19.6. The predicted octanol–water partition coefficient (Wildman–Crippen LogP) is 0.261. The van der Waals surface area contributed by atoms with Crippen molar-refractivity contribution in [3.63, 3.8) is 0 Å². The summed E-state index contributed by atoms with van der Waals surface area (Å²) in [6.07, 6.45) is 1.00. The second kappa shape index (κ2) is 8.87.